The molecule has 0 atom stereocenters. The molecule has 0 fully saturated rings. The third-order valence-electron chi connectivity index (χ3n) is 4.12. The van der Waals surface area contributed by atoms with Gasteiger partial charge in [-0.15, -0.1) is 0 Å². The van der Waals surface area contributed by atoms with E-state index in [0.29, 0.717) is 6.54 Å². The van der Waals surface area contributed by atoms with Gasteiger partial charge in [0.2, 0.25) is 6.79 Å². The summed E-state index contributed by atoms with van der Waals surface area (Å²) >= 11 is 0. The fourth-order valence-corrected chi connectivity index (χ4v) is 2.97. The zero-order valence-electron chi connectivity index (χ0n) is 12.9. The first-order valence-electron chi connectivity index (χ1n) is 7.92. The summed E-state index contributed by atoms with van der Waals surface area (Å²) in [5.74, 6) is 2.53. The minimum Gasteiger partial charge on any atom is -0.454 e. The van der Waals surface area contributed by atoms with E-state index in [-0.39, 0.29) is 6.79 Å². The molecule has 1 aliphatic heterocycles. The average molecular weight is 309 g/mol. The zero-order chi connectivity index (χ0) is 15.6. The lowest BCUT2D eigenvalue weighted by molar-refractivity contribution is 0.174. The van der Waals surface area contributed by atoms with Gasteiger partial charge < -0.3 is 19.8 Å². The number of nitrogens with zero attached hydrogens (tertiary/aromatic N) is 2. The van der Waals surface area contributed by atoms with Gasteiger partial charge in [-0.3, -0.25) is 0 Å². The quantitative estimate of drug-likeness (QED) is 0.735. The Kier molecular flexibility index (Phi) is 3.63. The van der Waals surface area contributed by atoms with E-state index in [9.17, 15) is 0 Å². The Labute approximate surface area is 134 Å². The number of para-hydroxylation sites is 2. The molecule has 1 aromatic heterocycles. The number of aryl methyl sites for hydroxylation is 1. The van der Waals surface area contributed by atoms with Crippen LogP contribution in [0.15, 0.2) is 42.5 Å². The highest BCUT2D eigenvalue weighted by Crippen LogP contribution is 2.36. The van der Waals surface area contributed by atoms with Gasteiger partial charge in [0.05, 0.1) is 11.0 Å². The molecule has 0 unspecified atom stereocenters. The molecule has 23 heavy (non-hydrogen) atoms. The molecule has 5 nitrogen and oxygen atoms in total. The number of hydrogen-bond donors (Lipinski definition) is 1. The van der Waals surface area contributed by atoms with E-state index < -0.39 is 0 Å². The number of benzene rings is 2. The second-order valence-electron chi connectivity index (χ2n) is 5.64. The zero-order valence-corrected chi connectivity index (χ0v) is 12.9. The summed E-state index contributed by atoms with van der Waals surface area (Å²) in [6, 6.07) is 14.2. The number of unbranched alkanes of at least 4 members (excludes halogenated alkanes) is 1. The Morgan fingerprint density at radius 2 is 1.91 bits per heavy atom. The van der Waals surface area contributed by atoms with Gasteiger partial charge in [0.1, 0.15) is 5.82 Å². The van der Waals surface area contributed by atoms with Crippen LogP contribution in [-0.2, 0) is 6.54 Å². The van der Waals surface area contributed by atoms with Crippen molar-refractivity contribution in [3.63, 3.8) is 0 Å². The Hall–Kier alpha value is -2.53. The summed E-state index contributed by atoms with van der Waals surface area (Å²) in [5.41, 5.74) is 8.83. The first-order valence-corrected chi connectivity index (χ1v) is 7.92. The van der Waals surface area contributed by atoms with Crippen LogP contribution in [0.25, 0.3) is 22.4 Å². The maximum absolute atomic E-state index is 5.64. The van der Waals surface area contributed by atoms with Crippen LogP contribution in [0, 0.1) is 0 Å². The third kappa shape index (κ3) is 2.53. The molecule has 2 N–H and O–H groups in total. The molecule has 1 aliphatic rings. The minimum absolute atomic E-state index is 0.283. The minimum atomic E-state index is 0.283. The number of aromatic nitrogens is 2. The lowest BCUT2D eigenvalue weighted by atomic mass is 10.2. The first kappa shape index (κ1) is 14.1. The van der Waals surface area contributed by atoms with Gasteiger partial charge in [-0.1, -0.05) is 12.1 Å². The molecule has 118 valence electrons. The van der Waals surface area contributed by atoms with Gasteiger partial charge in [0, 0.05) is 12.1 Å². The predicted molar refractivity (Wildman–Crippen MR) is 89.6 cm³/mol. The topological polar surface area (TPSA) is 62.3 Å². The van der Waals surface area contributed by atoms with Gasteiger partial charge in [-0.2, -0.15) is 0 Å². The summed E-state index contributed by atoms with van der Waals surface area (Å²) in [4.78, 5) is 4.82. The summed E-state index contributed by atoms with van der Waals surface area (Å²) in [7, 11) is 0. The molecule has 0 saturated heterocycles. The van der Waals surface area contributed by atoms with Crippen molar-refractivity contribution in [2.45, 2.75) is 19.4 Å². The van der Waals surface area contributed by atoms with Crippen LogP contribution in [0.5, 0.6) is 11.5 Å². The average Bonchev–Trinajstić information content (AvgIpc) is 3.19. The molecular weight excluding hydrogens is 290 g/mol. The van der Waals surface area contributed by atoms with Gasteiger partial charge >= 0.3 is 0 Å². The maximum Gasteiger partial charge on any atom is 0.231 e. The third-order valence-corrected chi connectivity index (χ3v) is 4.12. The van der Waals surface area contributed by atoms with Crippen molar-refractivity contribution in [2.75, 3.05) is 13.3 Å². The van der Waals surface area contributed by atoms with Crippen molar-refractivity contribution in [1.29, 1.82) is 0 Å². The smallest absolute Gasteiger partial charge is 0.231 e. The number of hydrogen-bond acceptors (Lipinski definition) is 4. The fraction of sp³-hybridized carbons (Fsp3) is 0.278. The molecule has 2 heterocycles. The van der Waals surface area contributed by atoms with Gasteiger partial charge in [0.15, 0.2) is 11.5 Å². The molecule has 0 amide bonds. The van der Waals surface area contributed by atoms with Gasteiger partial charge in [0.25, 0.3) is 0 Å². The fourth-order valence-electron chi connectivity index (χ4n) is 2.97. The predicted octanol–water partition coefficient (Wildman–Crippen LogP) is 3.17. The second-order valence-corrected chi connectivity index (χ2v) is 5.64. The highest BCUT2D eigenvalue weighted by molar-refractivity contribution is 5.81. The molecule has 0 spiro atoms. The monoisotopic (exact) mass is 309 g/mol. The Balaban J connectivity index is 1.80. The SMILES string of the molecule is NCCCCn1c(-c2ccc3c(c2)OCO3)nc2ccccc21. The summed E-state index contributed by atoms with van der Waals surface area (Å²) < 4.78 is 13.2. The normalized spacial score (nSPS) is 12.9. The van der Waals surface area contributed by atoms with Crippen molar-refractivity contribution in [2.24, 2.45) is 5.73 Å². The molecule has 3 aromatic rings. The molecule has 2 aromatic carbocycles. The summed E-state index contributed by atoms with van der Waals surface area (Å²) in [5, 5.41) is 0. The molecule has 5 heteroatoms. The number of imidazole rings is 1. The van der Waals surface area contributed by atoms with E-state index in [2.05, 4.69) is 10.6 Å². The van der Waals surface area contributed by atoms with Gasteiger partial charge in [-0.05, 0) is 49.7 Å². The van der Waals surface area contributed by atoms with Crippen molar-refractivity contribution < 1.29 is 9.47 Å². The second kappa shape index (κ2) is 5.93. The van der Waals surface area contributed by atoms with E-state index in [1.165, 1.54) is 0 Å². The van der Waals surface area contributed by atoms with Crippen LogP contribution in [0.4, 0.5) is 0 Å². The highest BCUT2D eigenvalue weighted by Gasteiger charge is 2.17. The molecule has 0 radical (unpaired) electrons. The lowest BCUT2D eigenvalue weighted by Gasteiger charge is -2.09. The Morgan fingerprint density at radius 3 is 2.83 bits per heavy atom. The maximum atomic E-state index is 5.64. The van der Waals surface area contributed by atoms with Crippen molar-refractivity contribution >= 4 is 11.0 Å². The van der Waals surface area contributed by atoms with E-state index in [1.807, 2.05) is 36.4 Å². The van der Waals surface area contributed by atoms with E-state index in [1.54, 1.807) is 0 Å². The lowest BCUT2D eigenvalue weighted by Crippen LogP contribution is -2.04. The summed E-state index contributed by atoms with van der Waals surface area (Å²) in [6.07, 6.45) is 2.04. The molecular formula is C18H19N3O2. The Morgan fingerprint density at radius 1 is 1.04 bits per heavy atom. The van der Waals surface area contributed by atoms with Crippen LogP contribution in [0.3, 0.4) is 0 Å². The Bertz CT molecular complexity index is 841. The number of fused-ring (bicyclic) bond motifs is 2. The molecule has 0 saturated carbocycles. The number of nitrogens with two attached hydrogens (primary N) is 1. The molecule has 0 bridgehead atoms. The van der Waals surface area contributed by atoms with Crippen molar-refractivity contribution in [3.8, 4) is 22.9 Å². The van der Waals surface area contributed by atoms with E-state index in [4.69, 9.17) is 20.2 Å². The number of ether oxygens (including phenoxy) is 2. The first-order chi connectivity index (χ1) is 11.4. The van der Waals surface area contributed by atoms with Crippen molar-refractivity contribution in [1.82, 2.24) is 9.55 Å². The highest BCUT2D eigenvalue weighted by atomic mass is 16.7. The largest absolute Gasteiger partial charge is 0.454 e. The van der Waals surface area contributed by atoms with Crippen LogP contribution in [0.1, 0.15) is 12.8 Å². The standard InChI is InChI=1S/C18H19N3O2/c19-9-3-4-10-21-15-6-2-1-5-14(15)20-18(21)13-7-8-16-17(11-13)23-12-22-16/h1-2,5-8,11H,3-4,9-10,12,19H2. The van der Waals surface area contributed by atoms with Gasteiger partial charge in [-0.25, -0.2) is 4.98 Å². The van der Waals surface area contributed by atoms with Crippen LogP contribution in [0.2, 0.25) is 0 Å². The molecule has 0 aliphatic carbocycles. The van der Waals surface area contributed by atoms with Crippen LogP contribution >= 0.6 is 0 Å². The summed E-state index contributed by atoms with van der Waals surface area (Å²) in [6.45, 7) is 1.90. The molecule has 4 rings (SSSR count). The van der Waals surface area contributed by atoms with Crippen molar-refractivity contribution in [3.05, 3.63) is 42.5 Å². The van der Waals surface area contributed by atoms with E-state index >= 15 is 0 Å². The van der Waals surface area contributed by atoms with E-state index in [0.717, 1.165) is 53.3 Å². The van der Waals surface area contributed by atoms with Crippen LogP contribution in [-0.4, -0.2) is 22.9 Å². The number of rotatable bonds is 5. The van der Waals surface area contributed by atoms with Crippen LogP contribution < -0.4 is 15.2 Å².